The van der Waals surface area contributed by atoms with Crippen LogP contribution in [-0.4, -0.2) is 30.3 Å². The van der Waals surface area contributed by atoms with Crippen molar-refractivity contribution in [2.45, 2.75) is 77.0 Å². The van der Waals surface area contributed by atoms with Crippen LogP contribution in [0.4, 0.5) is 0 Å². The van der Waals surface area contributed by atoms with Crippen LogP contribution in [0.15, 0.2) is 0 Å². The first kappa shape index (κ1) is 15.2. The number of hydrogen-bond acceptors (Lipinski definition) is 2. The summed E-state index contributed by atoms with van der Waals surface area (Å²) in [5.74, 6) is 1.11. The fourth-order valence-corrected chi connectivity index (χ4v) is 5.55. The molecule has 0 aromatic heterocycles. The van der Waals surface area contributed by atoms with E-state index in [1.54, 1.807) is 0 Å². The summed E-state index contributed by atoms with van der Waals surface area (Å²) in [5.41, 5.74) is 1.31. The van der Waals surface area contributed by atoms with Crippen molar-refractivity contribution in [3.05, 3.63) is 0 Å². The lowest BCUT2D eigenvalue weighted by Gasteiger charge is -2.44. The molecule has 0 aromatic carbocycles. The molecule has 0 unspecified atom stereocenters. The van der Waals surface area contributed by atoms with Crippen LogP contribution in [-0.2, 0) is 0 Å². The minimum atomic E-state index is 0.541. The van der Waals surface area contributed by atoms with Gasteiger partial charge < -0.3 is 4.90 Å². The molecule has 3 aliphatic rings. The Balaban J connectivity index is 1.54. The van der Waals surface area contributed by atoms with Gasteiger partial charge >= 0.3 is 0 Å². The average molecular weight is 296 g/mol. The van der Waals surface area contributed by atoms with E-state index in [4.69, 9.17) is 12.6 Å². The molecule has 0 radical (unpaired) electrons. The van der Waals surface area contributed by atoms with Crippen LogP contribution in [0.1, 0.15) is 77.0 Å². The van der Waals surface area contributed by atoms with Gasteiger partial charge in [0.25, 0.3) is 0 Å². The van der Waals surface area contributed by atoms with Gasteiger partial charge in [0, 0.05) is 6.54 Å². The predicted molar refractivity (Wildman–Crippen MR) is 90.6 cm³/mol. The summed E-state index contributed by atoms with van der Waals surface area (Å²) in [6.07, 6.45) is 17.7. The summed E-state index contributed by atoms with van der Waals surface area (Å²) in [6.45, 7) is 4.08. The molecule has 2 aliphatic carbocycles. The van der Waals surface area contributed by atoms with E-state index in [1.165, 1.54) is 96.7 Å². The van der Waals surface area contributed by atoms with Gasteiger partial charge in [0.2, 0.25) is 0 Å². The van der Waals surface area contributed by atoms with Crippen LogP contribution in [0, 0.1) is 10.8 Å². The van der Waals surface area contributed by atoms with Crippen molar-refractivity contribution in [1.29, 1.82) is 0 Å². The number of nitrogens with zero attached hydrogens (tertiary/aromatic N) is 1. The molecule has 1 saturated heterocycles. The molecule has 1 nitrogen and oxygen atoms in total. The monoisotopic (exact) mass is 295 g/mol. The summed E-state index contributed by atoms with van der Waals surface area (Å²) in [4.78, 5) is 2.80. The standard InChI is InChI=1S/C18H33NS/c20-16-18(9-3-1-2-4-10-18)15-19-13-11-17(12-14-19)7-5-6-8-17/h20H,1-16H2. The molecule has 1 heterocycles. The lowest BCUT2D eigenvalue weighted by molar-refractivity contribution is 0.0693. The smallest absolute Gasteiger partial charge is 0.00458 e. The van der Waals surface area contributed by atoms with Crippen molar-refractivity contribution >= 4 is 12.6 Å². The van der Waals surface area contributed by atoms with Crippen molar-refractivity contribution in [3.63, 3.8) is 0 Å². The number of likely N-dealkylation sites (tertiary alicyclic amines) is 1. The van der Waals surface area contributed by atoms with Gasteiger partial charge in [-0.2, -0.15) is 12.6 Å². The summed E-state index contributed by atoms with van der Waals surface area (Å²) >= 11 is 4.75. The fourth-order valence-electron chi connectivity index (χ4n) is 5.13. The second-order valence-electron chi connectivity index (χ2n) is 8.06. The molecule has 1 spiro atoms. The van der Waals surface area contributed by atoms with E-state index in [9.17, 15) is 0 Å². The third kappa shape index (κ3) is 3.38. The topological polar surface area (TPSA) is 3.24 Å². The lowest BCUT2D eigenvalue weighted by Crippen LogP contribution is -2.45. The van der Waals surface area contributed by atoms with Crippen molar-refractivity contribution in [3.8, 4) is 0 Å². The Hall–Kier alpha value is 0.310. The predicted octanol–water partition coefficient (Wildman–Crippen LogP) is 4.91. The quantitative estimate of drug-likeness (QED) is 0.572. The number of hydrogen-bond donors (Lipinski definition) is 1. The van der Waals surface area contributed by atoms with Crippen molar-refractivity contribution in [1.82, 2.24) is 4.90 Å². The second kappa shape index (κ2) is 6.60. The molecule has 2 heteroatoms. The Labute approximate surface area is 131 Å². The number of thiol groups is 1. The molecule has 3 fully saturated rings. The van der Waals surface area contributed by atoms with Gasteiger partial charge in [-0.1, -0.05) is 38.5 Å². The van der Waals surface area contributed by atoms with Gasteiger partial charge in [0.1, 0.15) is 0 Å². The van der Waals surface area contributed by atoms with Crippen LogP contribution in [0.2, 0.25) is 0 Å². The fraction of sp³-hybridized carbons (Fsp3) is 1.00. The largest absolute Gasteiger partial charge is 0.303 e. The zero-order chi connectivity index (χ0) is 13.9. The SMILES string of the molecule is SCC1(CN2CCC3(CCCC3)CC2)CCCCCC1. The number of rotatable bonds is 3. The Morgan fingerprint density at radius 2 is 1.25 bits per heavy atom. The third-order valence-electron chi connectivity index (χ3n) is 6.64. The molecule has 116 valence electrons. The van der Waals surface area contributed by atoms with Gasteiger partial charge in [-0.05, 0) is 68.2 Å². The first-order valence-electron chi connectivity index (χ1n) is 9.09. The molecule has 0 atom stereocenters. The van der Waals surface area contributed by atoms with Crippen LogP contribution >= 0.6 is 12.6 Å². The summed E-state index contributed by atoms with van der Waals surface area (Å²) in [6, 6.07) is 0. The zero-order valence-corrected chi connectivity index (χ0v) is 14.1. The van der Waals surface area contributed by atoms with Gasteiger partial charge in [-0.15, -0.1) is 0 Å². The summed E-state index contributed by atoms with van der Waals surface area (Å²) < 4.78 is 0. The second-order valence-corrected chi connectivity index (χ2v) is 8.37. The maximum atomic E-state index is 4.75. The van der Waals surface area contributed by atoms with E-state index in [1.807, 2.05) is 0 Å². The van der Waals surface area contributed by atoms with Gasteiger partial charge in [0.05, 0.1) is 0 Å². The molecule has 3 rings (SSSR count). The highest BCUT2D eigenvalue weighted by atomic mass is 32.1. The van der Waals surface area contributed by atoms with Crippen molar-refractivity contribution < 1.29 is 0 Å². The maximum absolute atomic E-state index is 4.75. The Morgan fingerprint density at radius 1 is 0.700 bits per heavy atom. The molecule has 2 saturated carbocycles. The highest BCUT2D eigenvalue weighted by Gasteiger charge is 2.39. The zero-order valence-electron chi connectivity index (χ0n) is 13.2. The molecular formula is C18H33NS. The van der Waals surface area contributed by atoms with E-state index < -0.39 is 0 Å². The normalized spacial score (nSPS) is 30.4. The number of piperidine rings is 1. The average Bonchev–Trinajstić information content (AvgIpc) is 2.80. The summed E-state index contributed by atoms with van der Waals surface area (Å²) in [5, 5.41) is 0. The Morgan fingerprint density at radius 3 is 1.80 bits per heavy atom. The Kier molecular flexibility index (Phi) is 5.02. The molecule has 1 aliphatic heterocycles. The van der Waals surface area contributed by atoms with Crippen LogP contribution in [0.3, 0.4) is 0 Å². The molecule has 20 heavy (non-hydrogen) atoms. The van der Waals surface area contributed by atoms with E-state index in [0.717, 1.165) is 11.2 Å². The van der Waals surface area contributed by atoms with E-state index >= 15 is 0 Å². The van der Waals surface area contributed by atoms with Crippen LogP contribution < -0.4 is 0 Å². The molecule has 0 aromatic rings. The summed E-state index contributed by atoms with van der Waals surface area (Å²) in [7, 11) is 0. The van der Waals surface area contributed by atoms with Crippen molar-refractivity contribution in [2.24, 2.45) is 10.8 Å². The van der Waals surface area contributed by atoms with E-state index in [2.05, 4.69) is 4.90 Å². The highest BCUT2D eigenvalue weighted by molar-refractivity contribution is 7.80. The van der Waals surface area contributed by atoms with Gasteiger partial charge in [-0.25, -0.2) is 0 Å². The van der Waals surface area contributed by atoms with Gasteiger partial charge in [0.15, 0.2) is 0 Å². The highest BCUT2D eigenvalue weighted by Crippen LogP contribution is 2.47. The first-order chi connectivity index (χ1) is 9.76. The molecule has 0 N–H and O–H groups in total. The van der Waals surface area contributed by atoms with Gasteiger partial charge in [-0.3, -0.25) is 0 Å². The lowest BCUT2D eigenvalue weighted by atomic mass is 9.75. The van der Waals surface area contributed by atoms with Crippen LogP contribution in [0.25, 0.3) is 0 Å². The minimum absolute atomic E-state index is 0.541. The molecule has 0 bridgehead atoms. The van der Waals surface area contributed by atoms with E-state index in [0.29, 0.717) is 5.41 Å². The minimum Gasteiger partial charge on any atom is -0.303 e. The third-order valence-corrected chi connectivity index (χ3v) is 7.31. The molecule has 0 amide bonds. The van der Waals surface area contributed by atoms with E-state index in [-0.39, 0.29) is 0 Å². The Bertz CT molecular complexity index is 291. The maximum Gasteiger partial charge on any atom is 0.00458 e. The van der Waals surface area contributed by atoms with Crippen molar-refractivity contribution in [2.75, 3.05) is 25.4 Å². The first-order valence-corrected chi connectivity index (χ1v) is 9.73. The molecular weight excluding hydrogens is 262 g/mol. The van der Waals surface area contributed by atoms with Crippen LogP contribution in [0.5, 0.6) is 0 Å².